The van der Waals surface area contributed by atoms with Crippen molar-refractivity contribution in [1.29, 1.82) is 0 Å². The molecule has 0 fully saturated rings. The Morgan fingerprint density at radius 2 is 1.88 bits per heavy atom. The lowest BCUT2D eigenvalue weighted by Gasteiger charge is -2.35. The van der Waals surface area contributed by atoms with E-state index in [1.807, 2.05) is 55.5 Å². The van der Waals surface area contributed by atoms with Crippen LogP contribution in [0.25, 0.3) is 0 Å². The van der Waals surface area contributed by atoms with Crippen LogP contribution in [-0.4, -0.2) is 49.4 Å². The van der Waals surface area contributed by atoms with Crippen LogP contribution in [0, 0.1) is 0 Å². The fourth-order valence-electron chi connectivity index (χ4n) is 3.39. The van der Waals surface area contributed by atoms with Crippen molar-refractivity contribution in [2.45, 2.75) is 19.5 Å². The van der Waals surface area contributed by atoms with Gasteiger partial charge in [0.15, 0.2) is 5.11 Å². The molecule has 1 atom stereocenters. The van der Waals surface area contributed by atoms with Gasteiger partial charge in [0.25, 0.3) is 0 Å². The molecule has 1 heterocycles. The summed E-state index contributed by atoms with van der Waals surface area (Å²) in [4.78, 5) is 27.0. The van der Waals surface area contributed by atoms with Gasteiger partial charge in [-0.15, -0.1) is 0 Å². The summed E-state index contributed by atoms with van der Waals surface area (Å²) >= 11 is 5.44. The maximum absolute atomic E-state index is 12.9. The number of nitrogens with zero attached hydrogens (tertiary/aromatic N) is 1. The molecule has 1 aliphatic heterocycles. The minimum Gasteiger partial charge on any atom is -0.460 e. The third-order valence-electron chi connectivity index (χ3n) is 5.27. The Bertz CT molecular complexity index is 1040. The zero-order valence-electron chi connectivity index (χ0n) is 18.9. The molecule has 0 spiro atoms. The minimum absolute atomic E-state index is 0.149. The van der Waals surface area contributed by atoms with E-state index in [0.29, 0.717) is 35.2 Å². The van der Waals surface area contributed by atoms with Gasteiger partial charge in [0, 0.05) is 32.1 Å². The number of methoxy groups -OCH3 is 1. The molecule has 3 N–H and O–H groups in total. The quantitative estimate of drug-likeness (QED) is 0.311. The second-order valence-corrected chi connectivity index (χ2v) is 7.87. The average molecular weight is 469 g/mol. The smallest absolute Gasteiger partial charge is 0.338 e. The molecule has 0 aromatic heterocycles. The molecular weight excluding hydrogens is 440 g/mol. The van der Waals surface area contributed by atoms with E-state index in [0.717, 1.165) is 11.1 Å². The number of hydrogen-bond donors (Lipinski definition) is 3. The Hall–Kier alpha value is -3.43. The Kier molecular flexibility index (Phi) is 8.39. The first-order valence-electron chi connectivity index (χ1n) is 10.5. The number of carbonyl (C=O) groups excluding carboxylic acids is 2. The van der Waals surface area contributed by atoms with Crippen LogP contribution in [0.1, 0.15) is 24.1 Å². The predicted molar refractivity (Wildman–Crippen MR) is 131 cm³/mol. The molecule has 2 aromatic rings. The maximum atomic E-state index is 12.9. The zero-order valence-corrected chi connectivity index (χ0v) is 19.7. The van der Waals surface area contributed by atoms with Crippen molar-refractivity contribution in [3.8, 4) is 0 Å². The lowest BCUT2D eigenvalue weighted by molar-refractivity contribution is -0.140. The predicted octanol–water partition coefficient (Wildman–Crippen LogP) is 3.33. The number of amides is 2. The number of benzene rings is 2. The minimum atomic E-state index is -0.516. The van der Waals surface area contributed by atoms with Crippen LogP contribution >= 0.6 is 12.2 Å². The largest absolute Gasteiger partial charge is 0.460 e. The van der Waals surface area contributed by atoms with Crippen LogP contribution < -0.4 is 16.0 Å². The Morgan fingerprint density at radius 3 is 2.61 bits per heavy atom. The Morgan fingerprint density at radius 1 is 1.12 bits per heavy atom. The number of nitrogens with one attached hydrogen (secondary N) is 3. The number of rotatable bonds is 8. The number of thiocarbonyl (C=S) groups is 1. The summed E-state index contributed by atoms with van der Waals surface area (Å²) in [6, 6.07) is 16.1. The molecule has 1 aliphatic rings. The van der Waals surface area contributed by atoms with Gasteiger partial charge >= 0.3 is 12.0 Å². The van der Waals surface area contributed by atoms with Gasteiger partial charge in [0.1, 0.15) is 6.61 Å². The van der Waals surface area contributed by atoms with Gasteiger partial charge in [-0.1, -0.05) is 42.5 Å². The fraction of sp³-hybridized carbons (Fsp3) is 0.292. The summed E-state index contributed by atoms with van der Waals surface area (Å²) in [6.07, 6.45) is 0. The summed E-state index contributed by atoms with van der Waals surface area (Å²) in [5, 5.41) is 9.36. The first-order chi connectivity index (χ1) is 15.9. The zero-order chi connectivity index (χ0) is 23.8. The van der Waals surface area contributed by atoms with Gasteiger partial charge in [-0.3, -0.25) is 0 Å². The monoisotopic (exact) mass is 468 g/mol. The van der Waals surface area contributed by atoms with E-state index in [1.54, 1.807) is 25.1 Å². The van der Waals surface area contributed by atoms with Gasteiger partial charge < -0.3 is 30.3 Å². The van der Waals surface area contributed by atoms with Gasteiger partial charge in [0.05, 0.1) is 18.2 Å². The van der Waals surface area contributed by atoms with E-state index in [-0.39, 0.29) is 12.6 Å². The summed E-state index contributed by atoms with van der Waals surface area (Å²) in [7, 11) is 3.34. The number of esters is 1. The molecule has 1 unspecified atom stereocenters. The van der Waals surface area contributed by atoms with E-state index in [9.17, 15) is 9.59 Å². The summed E-state index contributed by atoms with van der Waals surface area (Å²) < 4.78 is 10.4. The van der Waals surface area contributed by atoms with Gasteiger partial charge in [-0.2, -0.15) is 0 Å². The van der Waals surface area contributed by atoms with Crippen LogP contribution in [0.3, 0.4) is 0 Å². The van der Waals surface area contributed by atoms with Crippen molar-refractivity contribution in [2.75, 3.05) is 32.7 Å². The van der Waals surface area contributed by atoms with Crippen molar-refractivity contribution in [3.63, 3.8) is 0 Å². The fourth-order valence-corrected chi connectivity index (χ4v) is 3.65. The number of anilines is 1. The van der Waals surface area contributed by atoms with Gasteiger partial charge in [-0.25, -0.2) is 9.59 Å². The molecule has 3 rings (SSSR count). The van der Waals surface area contributed by atoms with Crippen molar-refractivity contribution >= 4 is 35.0 Å². The van der Waals surface area contributed by atoms with E-state index < -0.39 is 12.0 Å². The number of hydrogen-bond acceptors (Lipinski definition) is 5. The second kappa shape index (κ2) is 11.4. The lowest BCUT2D eigenvalue weighted by atomic mass is 9.95. The van der Waals surface area contributed by atoms with E-state index in [1.165, 1.54) is 0 Å². The Balaban J connectivity index is 1.76. The van der Waals surface area contributed by atoms with Crippen molar-refractivity contribution in [2.24, 2.45) is 0 Å². The highest BCUT2D eigenvalue weighted by atomic mass is 32.1. The maximum Gasteiger partial charge on any atom is 0.338 e. The molecule has 0 bridgehead atoms. The number of allylic oxidation sites excluding steroid dienone is 1. The molecule has 0 aliphatic carbocycles. The second-order valence-electron chi connectivity index (χ2n) is 7.49. The third-order valence-corrected chi connectivity index (χ3v) is 5.66. The first kappa shape index (κ1) is 24.2. The van der Waals surface area contributed by atoms with Gasteiger partial charge in [-0.05, 0) is 42.4 Å². The molecule has 2 amide bonds. The van der Waals surface area contributed by atoms with Crippen molar-refractivity contribution < 1.29 is 19.1 Å². The third kappa shape index (κ3) is 6.30. The highest BCUT2D eigenvalue weighted by molar-refractivity contribution is 7.80. The van der Waals surface area contributed by atoms with Crippen LogP contribution in [0.5, 0.6) is 0 Å². The van der Waals surface area contributed by atoms with Crippen LogP contribution in [0.15, 0.2) is 65.9 Å². The van der Waals surface area contributed by atoms with E-state index >= 15 is 0 Å². The molecule has 174 valence electrons. The SMILES string of the molecule is COCCOC(=O)C1=C(C)N(C)C(=S)NC1c1cccc(NC(=O)NCc2ccccc2)c1. The average Bonchev–Trinajstić information content (AvgIpc) is 2.82. The molecule has 9 heteroatoms. The standard InChI is InChI=1S/C24H28N4O4S/c1-16-20(22(29)32-13-12-31-3)21(27-24(33)28(16)2)18-10-7-11-19(14-18)26-23(30)25-15-17-8-5-4-6-9-17/h4-11,14,21H,12-13,15H2,1-3H3,(H,27,33)(H2,25,26,30). The number of carbonyl (C=O) groups is 2. The van der Waals surface area contributed by atoms with Crippen LogP contribution in [0.4, 0.5) is 10.5 Å². The lowest BCUT2D eigenvalue weighted by Crippen LogP contribution is -2.46. The first-order valence-corrected chi connectivity index (χ1v) is 10.9. The topological polar surface area (TPSA) is 91.9 Å². The molecule has 0 saturated heterocycles. The molecule has 0 radical (unpaired) electrons. The molecule has 2 aromatic carbocycles. The highest BCUT2D eigenvalue weighted by Gasteiger charge is 2.33. The van der Waals surface area contributed by atoms with Crippen LogP contribution in [0.2, 0.25) is 0 Å². The highest BCUT2D eigenvalue weighted by Crippen LogP contribution is 2.31. The number of urea groups is 1. The van der Waals surface area contributed by atoms with Crippen molar-refractivity contribution in [1.82, 2.24) is 15.5 Å². The van der Waals surface area contributed by atoms with E-state index in [2.05, 4.69) is 16.0 Å². The van der Waals surface area contributed by atoms with Gasteiger partial charge in [0.2, 0.25) is 0 Å². The number of ether oxygens (including phenoxy) is 2. The molecule has 33 heavy (non-hydrogen) atoms. The molecular formula is C24H28N4O4S. The summed E-state index contributed by atoms with van der Waals surface area (Å²) in [6.45, 7) is 2.70. The molecule has 8 nitrogen and oxygen atoms in total. The summed E-state index contributed by atoms with van der Waals surface area (Å²) in [5.41, 5.74) is 3.51. The Labute approximate surface area is 198 Å². The molecule has 0 saturated carbocycles. The van der Waals surface area contributed by atoms with E-state index in [4.69, 9.17) is 21.7 Å². The van der Waals surface area contributed by atoms with Crippen molar-refractivity contribution in [3.05, 3.63) is 77.0 Å². The van der Waals surface area contributed by atoms with Crippen LogP contribution in [-0.2, 0) is 20.8 Å². The normalized spacial score (nSPS) is 15.7. The summed E-state index contributed by atoms with van der Waals surface area (Å²) in [5.74, 6) is -0.449.